The molecule has 1 fully saturated rings. The van der Waals surface area contributed by atoms with E-state index < -0.39 is 0 Å². The molecular weight excluding hydrogens is 240 g/mol. The van der Waals surface area contributed by atoms with Gasteiger partial charge in [-0.25, -0.2) is 9.97 Å². The monoisotopic (exact) mass is 264 g/mol. The third kappa shape index (κ3) is 3.15. The highest BCUT2D eigenvalue weighted by atomic mass is 16.3. The van der Waals surface area contributed by atoms with E-state index in [0.29, 0.717) is 0 Å². The second-order valence-corrected chi connectivity index (χ2v) is 5.39. The highest BCUT2D eigenvalue weighted by Gasteiger charge is 2.33. The average Bonchev–Trinajstić information content (AvgIpc) is 2.89. The molecule has 3 N–H and O–H groups in total. The standard InChI is InChI=1S/C14H24N4O/c1-3-8-15-12-11(2)13(17-10-16-12)18-14(9-19)6-4-5-7-14/h10,19H,3-9H2,1-2H3,(H2,15,16,17,18). The summed E-state index contributed by atoms with van der Waals surface area (Å²) in [6.07, 6.45) is 6.98. The summed E-state index contributed by atoms with van der Waals surface area (Å²) < 4.78 is 0. The number of nitrogens with zero attached hydrogens (tertiary/aromatic N) is 2. The first-order valence-electron chi connectivity index (χ1n) is 7.15. The van der Waals surface area contributed by atoms with E-state index in [0.717, 1.165) is 43.0 Å². The van der Waals surface area contributed by atoms with E-state index in [1.54, 1.807) is 6.33 Å². The number of rotatable bonds is 6. The number of aliphatic hydroxyl groups is 1. The van der Waals surface area contributed by atoms with Crippen LogP contribution in [0.25, 0.3) is 0 Å². The van der Waals surface area contributed by atoms with E-state index in [1.165, 1.54) is 12.8 Å². The molecule has 0 atom stereocenters. The Kier molecular flexibility index (Phi) is 4.58. The van der Waals surface area contributed by atoms with Gasteiger partial charge in [-0.2, -0.15) is 0 Å². The summed E-state index contributed by atoms with van der Waals surface area (Å²) in [5.74, 6) is 1.72. The van der Waals surface area contributed by atoms with E-state index in [9.17, 15) is 5.11 Å². The van der Waals surface area contributed by atoms with Crippen molar-refractivity contribution in [1.29, 1.82) is 0 Å². The van der Waals surface area contributed by atoms with Crippen LogP contribution in [-0.2, 0) is 0 Å². The number of hydrogen-bond donors (Lipinski definition) is 3. The van der Waals surface area contributed by atoms with Crippen LogP contribution in [0.1, 0.15) is 44.6 Å². The molecule has 1 aliphatic carbocycles. The predicted molar refractivity (Wildman–Crippen MR) is 77.5 cm³/mol. The molecule has 5 nitrogen and oxygen atoms in total. The Morgan fingerprint density at radius 3 is 2.58 bits per heavy atom. The van der Waals surface area contributed by atoms with Crippen molar-refractivity contribution in [3.05, 3.63) is 11.9 Å². The van der Waals surface area contributed by atoms with E-state index >= 15 is 0 Å². The van der Waals surface area contributed by atoms with Crippen molar-refractivity contribution >= 4 is 11.6 Å². The molecule has 2 rings (SSSR count). The zero-order valence-electron chi connectivity index (χ0n) is 11.9. The van der Waals surface area contributed by atoms with Gasteiger partial charge in [0.25, 0.3) is 0 Å². The molecule has 1 aromatic heterocycles. The lowest BCUT2D eigenvalue weighted by Crippen LogP contribution is -2.39. The molecule has 0 spiro atoms. The number of hydrogen-bond acceptors (Lipinski definition) is 5. The molecule has 106 valence electrons. The summed E-state index contributed by atoms with van der Waals surface area (Å²) in [6, 6.07) is 0. The maximum Gasteiger partial charge on any atom is 0.134 e. The summed E-state index contributed by atoms with van der Waals surface area (Å²) in [4.78, 5) is 8.60. The van der Waals surface area contributed by atoms with E-state index in [4.69, 9.17) is 0 Å². The third-order valence-corrected chi connectivity index (χ3v) is 3.87. The van der Waals surface area contributed by atoms with Gasteiger partial charge in [0.2, 0.25) is 0 Å². The number of aromatic nitrogens is 2. The molecule has 1 aromatic rings. The Morgan fingerprint density at radius 2 is 1.95 bits per heavy atom. The van der Waals surface area contributed by atoms with Gasteiger partial charge in [-0.3, -0.25) is 0 Å². The van der Waals surface area contributed by atoms with Crippen LogP contribution in [0, 0.1) is 6.92 Å². The summed E-state index contributed by atoms with van der Waals surface area (Å²) in [5, 5.41) is 16.4. The normalized spacial score (nSPS) is 17.4. The summed E-state index contributed by atoms with van der Waals surface area (Å²) in [7, 11) is 0. The lowest BCUT2D eigenvalue weighted by molar-refractivity contribution is 0.213. The van der Waals surface area contributed by atoms with E-state index in [1.807, 2.05) is 6.92 Å². The van der Waals surface area contributed by atoms with Crippen LogP contribution in [0.4, 0.5) is 11.6 Å². The molecule has 1 heterocycles. The summed E-state index contributed by atoms with van der Waals surface area (Å²) in [5.41, 5.74) is 0.830. The molecule has 0 radical (unpaired) electrons. The first kappa shape index (κ1) is 14.1. The lowest BCUT2D eigenvalue weighted by atomic mass is 9.98. The van der Waals surface area contributed by atoms with Gasteiger partial charge in [-0.05, 0) is 26.2 Å². The third-order valence-electron chi connectivity index (χ3n) is 3.87. The van der Waals surface area contributed by atoms with Crippen LogP contribution < -0.4 is 10.6 Å². The van der Waals surface area contributed by atoms with Gasteiger partial charge in [0.1, 0.15) is 18.0 Å². The molecular formula is C14H24N4O. The minimum Gasteiger partial charge on any atom is -0.394 e. The Balaban J connectivity index is 2.15. The first-order chi connectivity index (χ1) is 9.21. The Hall–Kier alpha value is -1.36. The second-order valence-electron chi connectivity index (χ2n) is 5.39. The summed E-state index contributed by atoms with van der Waals surface area (Å²) in [6.45, 7) is 5.21. The minimum absolute atomic E-state index is 0.161. The number of anilines is 2. The maximum absolute atomic E-state index is 9.66. The fourth-order valence-electron chi connectivity index (χ4n) is 2.62. The van der Waals surface area contributed by atoms with Crippen molar-refractivity contribution in [1.82, 2.24) is 9.97 Å². The van der Waals surface area contributed by atoms with Crippen LogP contribution in [-0.4, -0.2) is 33.8 Å². The Morgan fingerprint density at radius 1 is 1.26 bits per heavy atom. The summed E-state index contributed by atoms with van der Waals surface area (Å²) >= 11 is 0. The van der Waals surface area contributed by atoms with Crippen LogP contribution in [0.2, 0.25) is 0 Å². The largest absolute Gasteiger partial charge is 0.394 e. The van der Waals surface area contributed by atoms with Crippen molar-refractivity contribution in [2.45, 2.75) is 51.5 Å². The zero-order chi connectivity index (χ0) is 13.7. The highest BCUT2D eigenvalue weighted by molar-refractivity contribution is 5.57. The molecule has 0 aromatic carbocycles. The number of nitrogens with one attached hydrogen (secondary N) is 2. The van der Waals surface area contributed by atoms with Gasteiger partial charge in [0.05, 0.1) is 12.1 Å². The fraction of sp³-hybridized carbons (Fsp3) is 0.714. The highest BCUT2D eigenvalue weighted by Crippen LogP contribution is 2.33. The molecule has 19 heavy (non-hydrogen) atoms. The number of aliphatic hydroxyl groups excluding tert-OH is 1. The lowest BCUT2D eigenvalue weighted by Gasteiger charge is -2.29. The minimum atomic E-state index is -0.193. The van der Waals surface area contributed by atoms with Gasteiger partial charge < -0.3 is 15.7 Å². The van der Waals surface area contributed by atoms with Gasteiger partial charge in [0.15, 0.2) is 0 Å². The van der Waals surface area contributed by atoms with Crippen molar-refractivity contribution in [3.8, 4) is 0 Å². The topological polar surface area (TPSA) is 70.1 Å². The van der Waals surface area contributed by atoms with Crippen LogP contribution >= 0.6 is 0 Å². The van der Waals surface area contributed by atoms with Gasteiger partial charge in [0, 0.05) is 12.1 Å². The van der Waals surface area contributed by atoms with E-state index in [2.05, 4.69) is 27.5 Å². The van der Waals surface area contributed by atoms with Gasteiger partial charge in [-0.15, -0.1) is 0 Å². The van der Waals surface area contributed by atoms with Crippen molar-refractivity contribution in [3.63, 3.8) is 0 Å². The van der Waals surface area contributed by atoms with E-state index in [-0.39, 0.29) is 12.1 Å². The quantitative estimate of drug-likeness (QED) is 0.735. The SMILES string of the molecule is CCCNc1ncnc(NC2(CO)CCCC2)c1C. The molecule has 0 saturated heterocycles. The average molecular weight is 264 g/mol. The predicted octanol–water partition coefficient (Wildman–Crippen LogP) is 2.32. The van der Waals surface area contributed by atoms with Crippen LogP contribution in [0.5, 0.6) is 0 Å². The van der Waals surface area contributed by atoms with Gasteiger partial charge >= 0.3 is 0 Å². The molecule has 0 bridgehead atoms. The maximum atomic E-state index is 9.66. The van der Waals surface area contributed by atoms with Crippen molar-refractivity contribution in [2.24, 2.45) is 0 Å². The molecule has 1 saturated carbocycles. The van der Waals surface area contributed by atoms with Gasteiger partial charge in [-0.1, -0.05) is 19.8 Å². The smallest absolute Gasteiger partial charge is 0.134 e. The van der Waals surface area contributed by atoms with Crippen molar-refractivity contribution in [2.75, 3.05) is 23.8 Å². The van der Waals surface area contributed by atoms with Crippen molar-refractivity contribution < 1.29 is 5.11 Å². The molecule has 0 aliphatic heterocycles. The Bertz CT molecular complexity index is 416. The first-order valence-corrected chi connectivity index (χ1v) is 7.15. The molecule has 5 heteroatoms. The zero-order valence-corrected chi connectivity index (χ0v) is 11.9. The molecule has 0 amide bonds. The fourth-order valence-corrected chi connectivity index (χ4v) is 2.62. The van der Waals surface area contributed by atoms with Crippen LogP contribution in [0.15, 0.2) is 6.33 Å². The molecule has 0 unspecified atom stereocenters. The van der Waals surface area contributed by atoms with Crippen LogP contribution in [0.3, 0.4) is 0 Å². The Labute approximate surface area is 114 Å². The second kappa shape index (κ2) is 6.19. The molecule has 1 aliphatic rings.